The zero-order chi connectivity index (χ0) is 10.6. The molecule has 0 amide bonds. The van der Waals surface area contributed by atoms with Gasteiger partial charge in [0.1, 0.15) is 0 Å². The molecule has 0 spiro atoms. The van der Waals surface area contributed by atoms with Crippen molar-refractivity contribution in [2.45, 2.75) is 39.2 Å². The topological polar surface area (TPSA) is 38.9 Å². The van der Waals surface area contributed by atoms with E-state index in [2.05, 4.69) is 25.8 Å². The largest absolute Gasteiger partial charge is 0.325 e. The lowest BCUT2D eigenvalue weighted by Gasteiger charge is -2.31. The van der Waals surface area contributed by atoms with Crippen molar-refractivity contribution in [3.63, 3.8) is 0 Å². The molecule has 1 aromatic heterocycles. The molecule has 0 saturated heterocycles. The Morgan fingerprint density at radius 2 is 2.00 bits per heavy atom. The van der Waals surface area contributed by atoms with Crippen LogP contribution in [-0.4, -0.2) is 10.5 Å². The highest BCUT2D eigenvalue weighted by molar-refractivity contribution is 5.13. The van der Waals surface area contributed by atoms with Crippen LogP contribution in [0.15, 0.2) is 24.5 Å². The van der Waals surface area contributed by atoms with E-state index in [1.807, 2.05) is 24.5 Å². The molecule has 0 radical (unpaired) electrons. The quantitative estimate of drug-likeness (QED) is 0.795. The van der Waals surface area contributed by atoms with Gasteiger partial charge in [0, 0.05) is 17.9 Å². The van der Waals surface area contributed by atoms with E-state index in [0.717, 1.165) is 12.8 Å². The van der Waals surface area contributed by atoms with Gasteiger partial charge in [0.2, 0.25) is 0 Å². The van der Waals surface area contributed by atoms with Crippen molar-refractivity contribution < 1.29 is 0 Å². The molecular formula is C12H20N2. The van der Waals surface area contributed by atoms with Crippen molar-refractivity contribution in [1.29, 1.82) is 0 Å². The van der Waals surface area contributed by atoms with Gasteiger partial charge in [-0.1, -0.05) is 20.3 Å². The van der Waals surface area contributed by atoms with Crippen molar-refractivity contribution in [2.24, 2.45) is 11.7 Å². The molecular weight excluding hydrogens is 172 g/mol. The minimum absolute atomic E-state index is 0.115. The van der Waals surface area contributed by atoms with E-state index in [9.17, 15) is 0 Å². The fourth-order valence-electron chi connectivity index (χ4n) is 1.58. The molecule has 1 aromatic rings. The Balaban J connectivity index is 2.68. The van der Waals surface area contributed by atoms with Gasteiger partial charge in [-0.25, -0.2) is 0 Å². The summed E-state index contributed by atoms with van der Waals surface area (Å²) in [7, 11) is 0. The Hall–Kier alpha value is -0.890. The summed E-state index contributed by atoms with van der Waals surface area (Å²) in [5.74, 6) is 0.538. The number of hydrogen-bond donors (Lipinski definition) is 1. The van der Waals surface area contributed by atoms with E-state index in [-0.39, 0.29) is 5.54 Å². The lowest BCUT2D eigenvalue weighted by atomic mass is 9.81. The monoisotopic (exact) mass is 192 g/mol. The molecule has 0 saturated carbocycles. The van der Waals surface area contributed by atoms with Gasteiger partial charge in [-0.15, -0.1) is 0 Å². The number of rotatable bonds is 4. The van der Waals surface area contributed by atoms with Crippen molar-refractivity contribution in [3.05, 3.63) is 30.1 Å². The summed E-state index contributed by atoms with van der Waals surface area (Å²) >= 11 is 0. The fraction of sp³-hybridized carbons (Fsp3) is 0.583. The highest BCUT2D eigenvalue weighted by atomic mass is 14.7. The third-order valence-electron chi connectivity index (χ3n) is 3.07. The van der Waals surface area contributed by atoms with Crippen LogP contribution >= 0.6 is 0 Å². The average molecular weight is 192 g/mol. The number of hydrogen-bond acceptors (Lipinski definition) is 2. The Labute approximate surface area is 86.5 Å². The van der Waals surface area contributed by atoms with Gasteiger partial charge in [0.25, 0.3) is 0 Å². The van der Waals surface area contributed by atoms with Gasteiger partial charge >= 0.3 is 0 Å². The Morgan fingerprint density at radius 1 is 1.43 bits per heavy atom. The first-order valence-corrected chi connectivity index (χ1v) is 5.24. The highest BCUT2D eigenvalue weighted by Gasteiger charge is 2.25. The predicted octanol–water partition coefficient (Wildman–Crippen LogP) is 2.39. The SMILES string of the molecule is CCC(C)C(C)(N)Cc1ccncc1. The van der Waals surface area contributed by atoms with Crippen molar-refractivity contribution in [2.75, 3.05) is 0 Å². The van der Waals surface area contributed by atoms with E-state index >= 15 is 0 Å². The van der Waals surface area contributed by atoms with Crippen molar-refractivity contribution in [1.82, 2.24) is 4.98 Å². The van der Waals surface area contributed by atoms with Gasteiger partial charge in [0.05, 0.1) is 0 Å². The van der Waals surface area contributed by atoms with Crippen LogP contribution in [0.5, 0.6) is 0 Å². The summed E-state index contributed by atoms with van der Waals surface area (Å²) in [6.07, 6.45) is 5.69. The van der Waals surface area contributed by atoms with Crippen LogP contribution in [0.25, 0.3) is 0 Å². The third-order valence-corrected chi connectivity index (χ3v) is 3.07. The molecule has 2 unspecified atom stereocenters. The van der Waals surface area contributed by atoms with Crippen LogP contribution in [0.3, 0.4) is 0 Å². The lowest BCUT2D eigenvalue weighted by molar-refractivity contribution is 0.306. The number of aromatic nitrogens is 1. The Bertz CT molecular complexity index is 267. The summed E-state index contributed by atoms with van der Waals surface area (Å²) in [5, 5.41) is 0. The van der Waals surface area contributed by atoms with Gasteiger partial charge in [-0.3, -0.25) is 4.98 Å². The maximum Gasteiger partial charge on any atom is 0.0270 e. The molecule has 2 atom stereocenters. The number of nitrogens with two attached hydrogens (primary N) is 1. The summed E-state index contributed by atoms with van der Waals surface area (Å²) in [5.41, 5.74) is 7.44. The number of pyridine rings is 1. The van der Waals surface area contributed by atoms with Crippen LogP contribution < -0.4 is 5.73 Å². The zero-order valence-electron chi connectivity index (χ0n) is 9.33. The molecule has 1 heterocycles. The van der Waals surface area contributed by atoms with E-state index in [0.29, 0.717) is 5.92 Å². The first-order chi connectivity index (χ1) is 6.56. The summed E-state index contributed by atoms with van der Waals surface area (Å²) in [4.78, 5) is 4.00. The second-order valence-corrected chi connectivity index (χ2v) is 4.35. The fourth-order valence-corrected chi connectivity index (χ4v) is 1.58. The summed E-state index contributed by atoms with van der Waals surface area (Å²) in [6.45, 7) is 6.52. The Kier molecular flexibility index (Phi) is 3.64. The second kappa shape index (κ2) is 4.56. The molecule has 2 heteroatoms. The molecule has 0 aromatic carbocycles. The van der Waals surface area contributed by atoms with Crippen LogP contribution in [0.1, 0.15) is 32.8 Å². The van der Waals surface area contributed by atoms with Gasteiger partial charge in [-0.2, -0.15) is 0 Å². The van der Waals surface area contributed by atoms with E-state index in [1.165, 1.54) is 5.56 Å². The van der Waals surface area contributed by atoms with Crippen molar-refractivity contribution in [3.8, 4) is 0 Å². The molecule has 0 bridgehead atoms. The third kappa shape index (κ3) is 2.81. The predicted molar refractivity (Wildman–Crippen MR) is 60.0 cm³/mol. The smallest absolute Gasteiger partial charge is 0.0270 e. The first kappa shape index (κ1) is 11.2. The first-order valence-electron chi connectivity index (χ1n) is 5.24. The minimum atomic E-state index is -0.115. The van der Waals surface area contributed by atoms with Gasteiger partial charge < -0.3 is 5.73 Å². The maximum absolute atomic E-state index is 6.28. The van der Waals surface area contributed by atoms with E-state index in [4.69, 9.17) is 5.73 Å². The molecule has 0 aliphatic rings. The van der Waals surface area contributed by atoms with E-state index < -0.39 is 0 Å². The van der Waals surface area contributed by atoms with Gasteiger partial charge in [0.15, 0.2) is 0 Å². The molecule has 0 aliphatic heterocycles. The molecule has 2 N–H and O–H groups in total. The average Bonchev–Trinajstić information content (AvgIpc) is 2.17. The molecule has 1 rings (SSSR count). The second-order valence-electron chi connectivity index (χ2n) is 4.35. The standard InChI is InChI=1S/C12H20N2/c1-4-10(2)12(3,13)9-11-5-7-14-8-6-11/h5-8,10H,4,9,13H2,1-3H3. The summed E-state index contributed by atoms with van der Waals surface area (Å²) in [6, 6.07) is 4.07. The van der Waals surface area contributed by atoms with Crippen LogP contribution in [0, 0.1) is 5.92 Å². The zero-order valence-corrected chi connectivity index (χ0v) is 9.33. The molecule has 2 nitrogen and oxygen atoms in total. The maximum atomic E-state index is 6.28. The minimum Gasteiger partial charge on any atom is -0.325 e. The number of nitrogens with zero attached hydrogens (tertiary/aromatic N) is 1. The molecule has 0 aliphatic carbocycles. The Morgan fingerprint density at radius 3 is 2.50 bits per heavy atom. The summed E-state index contributed by atoms with van der Waals surface area (Å²) < 4.78 is 0. The van der Waals surface area contributed by atoms with E-state index in [1.54, 1.807) is 0 Å². The molecule has 14 heavy (non-hydrogen) atoms. The lowest BCUT2D eigenvalue weighted by Crippen LogP contribution is -2.44. The highest BCUT2D eigenvalue weighted by Crippen LogP contribution is 2.21. The molecule has 0 fully saturated rings. The van der Waals surface area contributed by atoms with Gasteiger partial charge in [-0.05, 0) is 37.0 Å². The van der Waals surface area contributed by atoms with Crippen molar-refractivity contribution >= 4 is 0 Å². The molecule has 78 valence electrons. The van der Waals surface area contributed by atoms with Crippen LogP contribution in [-0.2, 0) is 6.42 Å². The van der Waals surface area contributed by atoms with Crippen LogP contribution in [0.4, 0.5) is 0 Å². The van der Waals surface area contributed by atoms with Crippen LogP contribution in [0.2, 0.25) is 0 Å². The normalized spacial score (nSPS) is 17.4.